The molecule has 0 bridgehead atoms. The molecule has 3 rings (SSSR count). The number of aryl methyl sites for hydroxylation is 1. The number of hydrogen-bond acceptors (Lipinski definition) is 4. The molecule has 0 aliphatic heterocycles. The van der Waals surface area contributed by atoms with Crippen LogP contribution < -0.4 is 5.32 Å². The molecule has 0 aliphatic rings. The van der Waals surface area contributed by atoms with Gasteiger partial charge in [-0.3, -0.25) is 9.36 Å². The second-order valence-corrected chi connectivity index (χ2v) is 5.98. The lowest BCUT2D eigenvalue weighted by molar-refractivity contribution is 0.102. The van der Waals surface area contributed by atoms with E-state index in [4.69, 9.17) is 4.42 Å². The summed E-state index contributed by atoms with van der Waals surface area (Å²) >= 11 is 1.63. The van der Waals surface area contributed by atoms with Crippen molar-refractivity contribution in [3.8, 4) is 12.0 Å². The SMILES string of the molecule is CSc1ccc(NC(=O)c2c(C)oc(-n3cccc3)c2C#N)cc1. The summed E-state index contributed by atoms with van der Waals surface area (Å²) in [6.45, 7) is 1.68. The van der Waals surface area contributed by atoms with Gasteiger partial charge in [-0.05, 0) is 49.6 Å². The zero-order chi connectivity index (χ0) is 17.1. The van der Waals surface area contributed by atoms with Crippen molar-refractivity contribution in [2.24, 2.45) is 0 Å². The van der Waals surface area contributed by atoms with Crippen LogP contribution >= 0.6 is 11.8 Å². The highest BCUT2D eigenvalue weighted by Crippen LogP contribution is 2.26. The Morgan fingerprint density at radius 2 is 1.92 bits per heavy atom. The molecule has 1 aromatic carbocycles. The van der Waals surface area contributed by atoms with Crippen molar-refractivity contribution in [1.82, 2.24) is 4.57 Å². The molecule has 0 spiro atoms. The van der Waals surface area contributed by atoms with Gasteiger partial charge in [0.25, 0.3) is 5.91 Å². The molecule has 0 aliphatic carbocycles. The van der Waals surface area contributed by atoms with Crippen molar-refractivity contribution >= 4 is 23.4 Å². The number of amides is 1. The van der Waals surface area contributed by atoms with Crippen LogP contribution in [0.5, 0.6) is 0 Å². The minimum absolute atomic E-state index is 0.224. The zero-order valence-corrected chi connectivity index (χ0v) is 14.1. The van der Waals surface area contributed by atoms with Crippen LogP contribution in [0, 0.1) is 18.3 Å². The third-order valence-electron chi connectivity index (χ3n) is 3.59. The van der Waals surface area contributed by atoms with Crippen LogP contribution in [0.2, 0.25) is 0 Å². The molecule has 0 fully saturated rings. The summed E-state index contributed by atoms with van der Waals surface area (Å²) in [5.41, 5.74) is 1.15. The number of nitrogens with one attached hydrogen (secondary N) is 1. The first kappa shape index (κ1) is 16.0. The van der Waals surface area contributed by atoms with Crippen LogP contribution in [0.15, 0.2) is 58.1 Å². The van der Waals surface area contributed by atoms with Gasteiger partial charge in [0.1, 0.15) is 23.0 Å². The standard InChI is InChI=1S/C18H15N3O2S/c1-12-16(15(11-19)18(23-12)21-9-3-4-10-21)17(22)20-13-5-7-14(24-2)8-6-13/h3-10H,1-2H3,(H,20,22). The van der Waals surface area contributed by atoms with Crippen molar-refractivity contribution in [2.45, 2.75) is 11.8 Å². The number of carbonyl (C=O) groups excluding carboxylic acids is 1. The molecule has 3 aromatic rings. The minimum Gasteiger partial charge on any atom is -0.443 e. The monoisotopic (exact) mass is 337 g/mol. The molecule has 0 unspecified atom stereocenters. The molecule has 6 heteroatoms. The van der Waals surface area contributed by atoms with E-state index in [0.29, 0.717) is 17.3 Å². The first-order valence-electron chi connectivity index (χ1n) is 7.26. The predicted molar refractivity (Wildman–Crippen MR) is 93.7 cm³/mol. The lowest BCUT2D eigenvalue weighted by Crippen LogP contribution is -2.13. The highest BCUT2D eigenvalue weighted by Gasteiger charge is 2.24. The predicted octanol–water partition coefficient (Wildman–Crippen LogP) is 4.22. The Kier molecular flexibility index (Phi) is 4.45. The van der Waals surface area contributed by atoms with Gasteiger partial charge in [-0.2, -0.15) is 5.26 Å². The highest BCUT2D eigenvalue weighted by molar-refractivity contribution is 7.98. The van der Waals surface area contributed by atoms with Gasteiger partial charge < -0.3 is 9.73 Å². The Bertz CT molecular complexity index is 903. The molecular weight excluding hydrogens is 322 g/mol. The number of aromatic nitrogens is 1. The third kappa shape index (κ3) is 2.94. The number of anilines is 1. The summed E-state index contributed by atoms with van der Waals surface area (Å²) in [7, 11) is 0. The van der Waals surface area contributed by atoms with Crippen LogP contribution in [0.25, 0.3) is 5.88 Å². The van der Waals surface area contributed by atoms with E-state index in [1.807, 2.05) is 42.7 Å². The van der Waals surface area contributed by atoms with Gasteiger partial charge in [0.05, 0.1) is 0 Å². The number of nitrogens with zero attached hydrogens (tertiary/aromatic N) is 2. The number of furan rings is 1. The highest BCUT2D eigenvalue weighted by atomic mass is 32.2. The van der Waals surface area contributed by atoms with Crippen LogP contribution in [-0.2, 0) is 0 Å². The molecule has 24 heavy (non-hydrogen) atoms. The van der Waals surface area contributed by atoms with Crippen LogP contribution in [0.4, 0.5) is 5.69 Å². The summed E-state index contributed by atoms with van der Waals surface area (Å²) in [5, 5.41) is 12.3. The molecule has 0 radical (unpaired) electrons. The number of benzene rings is 1. The molecule has 0 saturated heterocycles. The summed E-state index contributed by atoms with van der Waals surface area (Å²) in [4.78, 5) is 13.7. The smallest absolute Gasteiger partial charge is 0.260 e. The summed E-state index contributed by atoms with van der Waals surface area (Å²) in [6, 6.07) is 13.3. The second-order valence-electron chi connectivity index (χ2n) is 5.10. The van der Waals surface area contributed by atoms with Gasteiger partial charge in [-0.25, -0.2) is 0 Å². The largest absolute Gasteiger partial charge is 0.443 e. The molecule has 2 aromatic heterocycles. The topological polar surface area (TPSA) is 71.0 Å². The second kappa shape index (κ2) is 6.69. The van der Waals surface area contributed by atoms with Crippen LogP contribution in [-0.4, -0.2) is 16.7 Å². The fourth-order valence-electron chi connectivity index (χ4n) is 2.43. The molecule has 1 N–H and O–H groups in total. The molecule has 2 heterocycles. The number of thioether (sulfide) groups is 1. The first-order chi connectivity index (χ1) is 11.6. The quantitative estimate of drug-likeness (QED) is 0.723. The Labute approximate surface area is 143 Å². The van der Waals surface area contributed by atoms with Crippen LogP contribution in [0.1, 0.15) is 21.7 Å². The van der Waals surface area contributed by atoms with E-state index >= 15 is 0 Å². The Morgan fingerprint density at radius 1 is 1.25 bits per heavy atom. The van der Waals surface area contributed by atoms with Crippen molar-refractivity contribution in [3.63, 3.8) is 0 Å². The average molecular weight is 337 g/mol. The van der Waals surface area contributed by atoms with Crippen LogP contribution in [0.3, 0.4) is 0 Å². The molecule has 0 saturated carbocycles. The molecular formula is C18H15N3O2S. The maximum Gasteiger partial charge on any atom is 0.260 e. The maximum absolute atomic E-state index is 12.6. The van der Waals surface area contributed by atoms with Gasteiger partial charge in [0.2, 0.25) is 5.88 Å². The van der Waals surface area contributed by atoms with E-state index in [1.165, 1.54) is 0 Å². The fraction of sp³-hybridized carbons (Fsp3) is 0.111. The van der Waals surface area contributed by atoms with Crippen molar-refractivity contribution in [3.05, 3.63) is 65.7 Å². The van der Waals surface area contributed by atoms with Crippen molar-refractivity contribution in [1.29, 1.82) is 5.26 Å². The molecule has 1 amide bonds. The Morgan fingerprint density at radius 3 is 2.50 bits per heavy atom. The number of rotatable bonds is 4. The van der Waals surface area contributed by atoms with E-state index < -0.39 is 0 Å². The van der Waals surface area contributed by atoms with E-state index in [0.717, 1.165) is 4.90 Å². The van der Waals surface area contributed by atoms with Gasteiger partial charge in [0.15, 0.2) is 0 Å². The number of carbonyl (C=O) groups is 1. The lowest BCUT2D eigenvalue weighted by Gasteiger charge is -2.05. The number of nitriles is 1. The normalized spacial score (nSPS) is 10.4. The first-order valence-corrected chi connectivity index (χ1v) is 8.48. The lowest BCUT2D eigenvalue weighted by atomic mass is 10.1. The van der Waals surface area contributed by atoms with E-state index in [9.17, 15) is 10.1 Å². The Balaban J connectivity index is 1.93. The third-order valence-corrected chi connectivity index (χ3v) is 4.33. The van der Waals surface area contributed by atoms with Crippen molar-refractivity contribution in [2.75, 3.05) is 11.6 Å². The van der Waals surface area contributed by atoms with Gasteiger partial charge >= 0.3 is 0 Å². The summed E-state index contributed by atoms with van der Waals surface area (Å²) in [6.07, 6.45) is 5.52. The summed E-state index contributed by atoms with van der Waals surface area (Å²) in [5.74, 6) is 0.402. The van der Waals surface area contributed by atoms with Gasteiger partial charge in [-0.15, -0.1) is 11.8 Å². The molecule has 120 valence electrons. The summed E-state index contributed by atoms with van der Waals surface area (Å²) < 4.78 is 7.33. The van der Waals surface area contributed by atoms with Gasteiger partial charge in [0, 0.05) is 23.0 Å². The van der Waals surface area contributed by atoms with E-state index in [1.54, 1.807) is 35.6 Å². The fourth-order valence-corrected chi connectivity index (χ4v) is 2.84. The average Bonchev–Trinajstić information content (AvgIpc) is 3.22. The molecule has 5 nitrogen and oxygen atoms in total. The van der Waals surface area contributed by atoms with Crippen molar-refractivity contribution < 1.29 is 9.21 Å². The minimum atomic E-state index is -0.358. The van der Waals surface area contributed by atoms with E-state index in [2.05, 4.69) is 11.4 Å². The number of hydrogen-bond donors (Lipinski definition) is 1. The van der Waals surface area contributed by atoms with E-state index in [-0.39, 0.29) is 17.0 Å². The molecule has 0 atom stereocenters. The van der Waals surface area contributed by atoms with Gasteiger partial charge in [-0.1, -0.05) is 0 Å². The zero-order valence-electron chi connectivity index (χ0n) is 13.2. The Hall–Kier alpha value is -2.91. The maximum atomic E-state index is 12.6.